The van der Waals surface area contributed by atoms with Crippen LogP contribution in [0.25, 0.3) is 0 Å². The summed E-state index contributed by atoms with van der Waals surface area (Å²) in [6.07, 6.45) is -0.0839. The van der Waals surface area contributed by atoms with Crippen LogP contribution in [0.2, 0.25) is 0 Å². The van der Waals surface area contributed by atoms with Crippen LogP contribution in [0, 0.1) is 5.92 Å². The Morgan fingerprint density at radius 2 is 2.08 bits per heavy atom. The molecule has 144 valence electrons. The van der Waals surface area contributed by atoms with Crippen LogP contribution < -0.4 is 16.8 Å². The average molecular weight is 367 g/mol. The summed E-state index contributed by atoms with van der Waals surface area (Å²) in [5.74, 6) is -3.26. The number of carbonyl (C=O) groups is 1. The number of rotatable bonds is 7. The summed E-state index contributed by atoms with van der Waals surface area (Å²) in [4.78, 5) is 12.4. The maximum atomic E-state index is 13.2. The number of hydrogen-bond donors (Lipinski definition) is 3. The van der Waals surface area contributed by atoms with Crippen LogP contribution in [-0.2, 0) is 15.1 Å². The number of nitrogens with two attached hydrogens (primary N) is 2. The predicted molar refractivity (Wildman–Crippen MR) is 97.7 cm³/mol. The van der Waals surface area contributed by atoms with E-state index in [9.17, 15) is 13.6 Å². The van der Waals surface area contributed by atoms with Gasteiger partial charge in [-0.1, -0.05) is 18.7 Å². The van der Waals surface area contributed by atoms with Crippen molar-refractivity contribution in [1.82, 2.24) is 0 Å². The average Bonchev–Trinajstić information content (AvgIpc) is 2.54. The molecule has 1 amide bonds. The molecular weight excluding hydrogens is 340 g/mol. The van der Waals surface area contributed by atoms with Gasteiger partial charge in [-0.2, -0.15) is 0 Å². The molecule has 0 aliphatic heterocycles. The number of anilines is 1. The Morgan fingerprint density at radius 3 is 2.69 bits per heavy atom. The van der Waals surface area contributed by atoms with E-state index in [1.54, 1.807) is 18.2 Å². The van der Waals surface area contributed by atoms with E-state index >= 15 is 0 Å². The first-order chi connectivity index (χ1) is 12.1. The Balaban J connectivity index is 1.98. The van der Waals surface area contributed by atoms with E-state index in [0.29, 0.717) is 11.4 Å². The van der Waals surface area contributed by atoms with Crippen molar-refractivity contribution in [2.24, 2.45) is 17.4 Å². The van der Waals surface area contributed by atoms with Crippen molar-refractivity contribution in [3.8, 4) is 0 Å². The first-order valence-electron chi connectivity index (χ1n) is 8.68. The molecule has 1 saturated carbocycles. The summed E-state index contributed by atoms with van der Waals surface area (Å²) < 4.78 is 31.9. The van der Waals surface area contributed by atoms with Gasteiger partial charge >= 0.3 is 0 Å². The van der Waals surface area contributed by atoms with Crippen LogP contribution in [-0.4, -0.2) is 25.0 Å². The molecule has 1 aliphatic rings. The van der Waals surface area contributed by atoms with E-state index in [1.807, 2.05) is 13.0 Å². The summed E-state index contributed by atoms with van der Waals surface area (Å²) >= 11 is 0. The highest BCUT2D eigenvalue weighted by molar-refractivity contribution is 5.92. The summed E-state index contributed by atoms with van der Waals surface area (Å²) in [7, 11) is 0. The third kappa shape index (κ3) is 5.78. The number of halogens is 2. The molecule has 0 aromatic heterocycles. The second-order valence-electron chi connectivity index (χ2n) is 7.27. The Kier molecular flexibility index (Phi) is 6.36. The Hall–Kier alpha value is -1.99. The first-order valence-corrected chi connectivity index (χ1v) is 8.68. The molecule has 1 atom stereocenters. The standard InChI is InChI=1S/C19H27F2N3O2/c1-13(22)11-26-12-18(2,23)15-4-3-5-16(10-15)24-17(25)14-6-8-19(20,21)9-7-14/h3-5,10,14H,1,6-9,11-12,22-23H2,2H3,(H,24,25). The van der Waals surface area contributed by atoms with Gasteiger partial charge in [-0.05, 0) is 37.5 Å². The van der Waals surface area contributed by atoms with Crippen molar-refractivity contribution in [2.45, 2.75) is 44.1 Å². The van der Waals surface area contributed by atoms with Gasteiger partial charge in [0, 0.05) is 30.1 Å². The summed E-state index contributed by atoms with van der Waals surface area (Å²) in [6.45, 7) is 5.83. The molecule has 1 fully saturated rings. The number of ether oxygens (including phenoxy) is 1. The molecule has 2 rings (SSSR count). The maximum absolute atomic E-state index is 13.2. The Labute approximate surface area is 152 Å². The first kappa shape index (κ1) is 20.3. The number of nitrogens with one attached hydrogen (secondary N) is 1. The zero-order chi connectivity index (χ0) is 19.4. The highest BCUT2D eigenvalue weighted by Crippen LogP contribution is 2.36. The summed E-state index contributed by atoms with van der Waals surface area (Å²) in [5, 5.41) is 2.81. The van der Waals surface area contributed by atoms with E-state index in [1.165, 1.54) is 0 Å². The van der Waals surface area contributed by atoms with Gasteiger partial charge in [0.1, 0.15) is 0 Å². The van der Waals surface area contributed by atoms with E-state index in [-0.39, 0.29) is 50.7 Å². The van der Waals surface area contributed by atoms with E-state index in [0.717, 1.165) is 5.56 Å². The molecule has 7 heteroatoms. The Bertz CT molecular complexity index is 652. The summed E-state index contributed by atoms with van der Waals surface area (Å²) in [6, 6.07) is 7.15. The van der Waals surface area contributed by atoms with Crippen LogP contribution in [0.15, 0.2) is 36.5 Å². The molecule has 0 bridgehead atoms. The van der Waals surface area contributed by atoms with Gasteiger partial charge in [-0.15, -0.1) is 0 Å². The lowest BCUT2D eigenvalue weighted by molar-refractivity contribution is -0.124. The topological polar surface area (TPSA) is 90.4 Å². The van der Waals surface area contributed by atoms with Gasteiger partial charge in [0.15, 0.2) is 0 Å². The van der Waals surface area contributed by atoms with Crippen LogP contribution in [0.1, 0.15) is 38.2 Å². The SMILES string of the molecule is C=C(N)COCC(C)(N)c1cccc(NC(=O)C2CCC(F)(F)CC2)c1. The predicted octanol–water partition coefficient (Wildman–Crippen LogP) is 3.11. The highest BCUT2D eigenvalue weighted by Gasteiger charge is 2.37. The zero-order valence-electron chi connectivity index (χ0n) is 15.1. The molecule has 0 spiro atoms. The number of hydrogen-bond acceptors (Lipinski definition) is 4. The van der Waals surface area contributed by atoms with Crippen molar-refractivity contribution in [1.29, 1.82) is 0 Å². The van der Waals surface area contributed by atoms with Crippen molar-refractivity contribution in [3.63, 3.8) is 0 Å². The molecule has 1 unspecified atom stereocenters. The minimum atomic E-state index is -2.65. The second-order valence-corrected chi connectivity index (χ2v) is 7.27. The van der Waals surface area contributed by atoms with E-state index in [4.69, 9.17) is 16.2 Å². The van der Waals surface area contributed by atoms with Crippen LogP contribution in [0.4, 0.5) is 14.5 Å². The normalized spacial score (nSPS) is 19.5. The maximum Gasteiger partial charge on any atom is 0.248 e. The number of benzene rings is 1. The third-order valence-electron chi connectivity index (χ3n) is 4.57. The molecule has 0 heterocycles. The summed E-state index contributed by atoms with van der Waals surface area (Å²) in [5.41, 5.74) is 12.8. The minimum absolute atomic E-state index is 0.198. The minimum Gasteiger partial charge on any atom is -0.401 e. The van der Waals surface area contributed by atoms with E-state index in [2.05, 4.69) is 11.9 Å². The molecule has 26 heavy (non-hydrogen) atoms. The lowest BCUT2D eigenvalue weighted by Crippen LogP contribution is -2.38. The van der Waals surface area contributed by atoms with Gasteiger partial charge < -0.3 is 21.5 Å². The fourth-order valence-corrected chi connectivity index (χ4v) is 2.98. The van der Waals surface area contributed by atoms with Crippen molar-refractivity contribution < 1.29 is 18.3 Å². The second kappa shape index (κ2) is 8.14. The monoisotopic (exact) mass is 367 g/mol. The molecule has 5 nitrogen and oxygen atoms in total. The van der Waals surface area contributed by atoms with Crippen LogP contribution in [0.3, 0.4) is 0 Å². The number of amides is 1. The molecule has 1 aromatic rings. The van der Waals surface area contributed by atoms with Crippen LogP contribution in [0.5, 0.6) is 0 Å². The van der Waals surface area contributed by atoms with Gasteiger partial charge in [0.05, 0.1) is 18.8 Å². The molecular formula is C19H27F2N3O2. The largest absolute Gasteiger partial charge is 0.401 e. The van der Waals surface area contributed by atoms with Crippen LogP contribution >= 0.6 is 0 Å². The van der Waals surface area contributed by atoms with Crippen molar-refractivity contribution >= 4 is 11.6 Å². The lowest BCUT2D eigenvalue weighted by atomic mass is 9.86. The van der Waals surface area contributed by atoms with Crippen molar-refractivity contribution in [3.05, 3.63) is 42.1 Å². The molecule has 1 aromatic carbocycles. The fourth-order valence-electron chi connectivity index (χ4n) is 2.98. The van der Waals surface area contributed by atoms with Crippen molar-refractivity contribution in [2.75, 3.05) is 18.5 Å². The molecule has 5 N–H and O–H groups in total. The molecule has 0 saturated heterocycles. The van der Waals surface area contributed by atoms with E-state index < -0.39 is 11.5 Å². The van der Waals surface area contributed by atoms with Gasteiger partial charge in [-0.3, -0.25) is 4.79 Å². The molecule has 0 radical (unpaired) electrons. The fraction of sp³-hybridized carbons (Fsp3) is 0.526. The molecule has 1 aliphatic carbocycles. The van der Waals surface area contributed by atoms with Gasteiger partial charge in [-0.25, -0.2) is 8.78 Å². The lowest BCUT2D eigenvalue weighted by Gasteiger charge is -2.28. The quantitative estimate of drug-likeness (QED) is 0.691. The smallest absolute Gasteiger partial charge is 0.248 e. The van der Waals surface area contributed by atoms with Gasteiger partial charge in [0.2, 0.25) is 11.8 Å². The third-order valence-corrected chi connectivity index (χ3v) is 4.57. The zero-order valence-corrected chi connectivity index (χ0v) is 15.1. The number of alkyl halides is 2. The Morgan fingerprint density at radius 1 is 1.42 bits per heavy atom. The van der Waals surface area contributed by atoms with Gasteiger partial charge in [0.25, 0.3) is 0 Å². The number of carbonyl (C=O) groups excluding carboxylic acids is 1. The highest BCUT2D eigenvalue weighted by atomic mass is 19.3.